The van der Waals surface area contributed by atoms with Crippen molar-refractivity contribution in [2.24, 2.45) is 7.05 Å². The minimum absolute atomic E-state index is 0.289. The van der Waals surface area contributed by atoms with Crippen molar-refractivity contribution in [2.45, 2.75) is 32.9 Å². The van der Waals surface area contributed by atoms with Gasteiger partial charge in [0.25, 0.3) is 0 Å². The highest BCUT2D eigenvalue weighted by Gasteiger charge is 2.15. The van der Waals surface area contributed by atoms with Crippen molar-refractivity contribution < 1.29 is 0 Å². The summed E-state index contributed by atoms with van der Waals surface area (Å²) < 4.78 is 4.03. The van der Waals surface area contributed by atoms with Gasteiger partial charge in [0.15, 0.2) is 0 Å². The van der Waals surface area contributed by atoms with Crippen LogP contribution in [-0.4, -0.2) is 25.9 Å². The lowest BCUT2D eigenvalue weighted by atomic mass is 10.1. The molecule has 0 bridgehead atoms. The first-order valence-corrected chi connectivity index (χ1v) is 6.45. The molecule has 1 N–H and O–H groups in total. The standard InChI is InChI=1S/C13H21N5/c1-4-15-12(13-8-14-10-17(13)3)6-11-7-16-18(5-2)9-11/h7-10,12,15H,4-6H2,1-3H3. The summed E-state index contributed by atoms with van der Waals surface area (Å²) in [6.45, 7) is 6.08. The van der Waals surface area contributed by atoms with Gasteiger partial charge in [-0.25, -0.2) is 4.98 Å². The molecule has 0 aliphatic carbocycles. The number of hydrogen-bond donors (Lipinski definition) is 1. The van der Waals surface area contributed by atoms with E-state index in [2.05, 4.69) is 40.0 Å². The number of nitrogens with zero attached hydrogens (tertiary/aromatic N) is 4. The number of imidazole rings is 1. The molecule has 1 unspecified atom stereocenters. The molecular formula is C13H21N5. The van der Waals surface area contributed by atoms with Gasteiger partial charge in [0.2, 0.25) is 0 Å². The van der Waals surface area contributed by atoms with Crippen LogP contribution in [0.4, 0.5) is 0 Å². The van der Waals surface area contributed by atoms with Crippen molar-refractivity contribution in [1.29, 1.82) is 0 Å². The zero-order chi connectivity index (χ0) is 13.0. The van der Waals surface area contributed by atoms with Crippen LogP contribution in [0.3, 0.4) is 0 Å². The van der Waals surface area contributed by atoms with E-state index in [-0.39, 0.29) is 6.04 Å². The average molecular weight is 247 g/mol. The first-order valence-electron chi connectivity index (χ1n) is 6.45. The van der Waals surface area contributed by atoms with E-state index < -0.39 is 0 Å². The Balaban J connectivity index is 2.13. The second-order valence-corrected chi connectivity index (χ2v) is 4.45. The highest BCUT2D eigenvalue weighted by Crippen LogP contribution is 2.17. The predicted octanol–water partition coefficient (Wildman–Crippen LogP) is 1.53. The summed E-state index contributed by atoms with van der Waals surface area (Å²) >= 11 is 0. The Morgan fingerprint density at radius 1 is 1.33 bits per heavy atom. The van der Waals surface area contributed by atoms with E-state index in [1.54, 1.807) is 0 Å². The second-order valence-electron chi connectivity index (χ2n) is 4.45. The van der Waals surface area contributed by atoms with Gasteiger partial charge in [-0.05, 0) is 25.5 Å². The largest absolute Gasteiger partial charge is 0.336 e. The van der Waals surface area contributed by atoms with E-state index in [9.17, 15) is 0 Å². The van der Waals surface area contributed by atoms with Crippen molar-refractivity contribution in [3.05, 3.63) is 36.2 Å². The van der Waals surface area contributed by atoms with Crippen LogP contribution in [0.25, 0.3) is 0 Å². The van der Waals surface area contributed by atoms with Crippen molar-refractivity contribution in [3.63, 3.8) is 0 Å². The molecule has 2 rings (SSSR count). The maximum absolute atomic E-state index is 4.32. The van der Waals surface area contributed by atoms with Gasteiger partial charge in [0, 0.05) is 26.0 Å². The van der Waals surface area contributed by atoms with Crippen molar-refractivity contribution >= 4 is 0 Å². The van der Waals surface area contributed by atoms with Gasteiger partial charge < -0.3 is 9.88 Å². The molecule has 1 atom stereocenters. The molecular weight excluding hydrogens is 226 g/mol. The van der Waals surface area contributed by atoms with Gasteiger partial charge in [0.05, 0.1) is 24.3 Å². The van der Waals surface area contributed by atoms with Crippen LogP contribution < -0.4 is 5.32 Å². The average Bonchev–Trinajstić information content (AvgIpc) is 2.97. The molecule has 0 amide bonds. The van der Waals surface area contributed by atoms with E-state index in [4.69, 9.17) is 0 Å². The maximum atomic E-state index is 4.32. The van der Waals surface area contributed by atoms with Crippen LogP contribution in [0.2, 0.25) is 0 Å². The summed E-state index contributed by atoms with van der Waals surface area (Å²) in [5.41, 5.74) is 2.46. The quantitative estimate of drug-likeness (QED) is 0.842. The van der Waals surface area contributed by atoms with E-state index >= 15 is 0 Å². The molecule has 5 nitrogen and oxygen atoms in total. The lowest BCUT2D eigenvalue weighted by molar-refractivity contribution is 0.520. The third-order valence-electron chi connectivity index (χ3n) is 3.11. The lowest BCUT2D eigenvalue weighted by Gasteiger charge is -2.17. The van der Waals surface area contributed by atoms with Crippen molar-refractivity contribution in [1.82, 2.24) is 24.6 Å². The third-order valence-corrected chi connectivity index (χ3v) is 3.11. The molecule has 0 saturated carbocycles. The summed E-state index contributed by atoms with van der Waals surface area (Å²) in [7, 11) is 2.03. The van der Waals surface area contributed by atoms with Gasteiger partial charge >= 0.3 is 0 Å². The number of aromatic nitrogens is 4. The molecule has 5 heteroatoms. The molecule has 2 heterocycles. The van der Waals surface area contributed by atoms with E-state index in [0.29, 0.717) is 0 Å². The zero-order valence-electron chi connectivity index (χ0n) is 11.3. The molecule has 0 fully saturated rings. The minimum atomic E-state index is 0.289. The van der Waals surface area contributed by atoms with Gasteiger partial charge in [-0.15, -0.1) is 0 Å². The number of hydrogen-bond acceptors (Lipinski definition) is 3. The Kier molecular flexibility index (Phi) is 4.15. The fraction of sp³-hybridized carbons (Fsp3) is 0.538. The van der Waals surface area contributed by atoms with Gasteiger partial charge in [0.1, 0.15) is 0 Å². The molecule has 0 aliphatic heterocycles. The van der Waals surface area contributed by atoms with Crippen molar-refractivity contribution in [2.75, 3.05) is 6.54 Å². The first-order chi connectivity index (χ1) is 8.74. The smallest absolute Gasteiger partial charge is 0.0946 e. The molecule has 2 aromatic heterocycles. The lowest BCUT2D eigenvalue weighted by Crippen LogP contribution is -2.24. The van der Waals surface area contributed by atoms with Crippen LogP contribution in [0.15, 0.2) is 24.9 Å². The molecule has 0 saturated heterocycles. The Morgan fingerprint density at radius 2 is 2.17 bits per heavy atom. The Hall–Kier alpha value is -1.62. The third kappa shape index (κ3) is 2.79. The summed E-state index contributed by atoms with van der Waals surface area (Å²) in [5.74, 6) is 0. The van der Waals surface area contributed by atoms with Gasteiger partial charge in [-0.2, -0.15) is 5.10 Å². The highest BCUT2D eigenvalue weighted by atomic mass is 15.3. The van der Waals surface area contributed by atoms with Crippen LogP contribution in [0.5, 0.6) is 0 Å². The Labute approximate surface area is 108 Å². The number of likely N-dealkylation sites (N-methyl/N-ethyl adjacent to an activating group) is 1. The molecule has 98 valence electrons. The van der Waals surface area contributed by atoms with E-state index in [1.807, 2.05) is 30.5 Å². The molecule has 18 heavy (non-hydrogen) atoms. The van der Waals surface area contributed by atoms with Crippen LogP contribution in [-0.2, 0) is 20.0 Å². The maximum Gasteiger partial charge on any atom is 0.0946 e. The monoisotopic (exact) mass is 247 g/mol. The van der Waals surface area contributed by atoms with Gasteiger partial charge in [-0.1, -0.05) is 6.92 Å². The fourth-order valence-corrected chi connectivity index (χ4v) is 2.15. The van der Waals surface area contributed by atoms with E-state index in [0.717, 1.165) is 19.5 Å². The SMILES string of the molecule is CCNC(Cc1cnn(CC)c1)c1cncn1C. The molecule has 0 aliphatic rings. The highest BCUT2D eigenvalue weighted by molar-refractivity contribution is 5.13. The Morgan fingerprint density at radius 3 is 2.72 bits per heavy atom. The normalized spacial score (nSPS) is 12.8. The van der Waals surface area contributed by atoms with Crippen LogP contribution >= 0.6 is 0 Å². The molecule has 2 aromatic rings. The van der Waals surface area contributed by atoms with Crippen LogP contribution in [0, 0.1) is 0 Å². The topological polar surface area (TPSA) is 47.7 Å². The summed E-state index contributed by atoms with van der Waals surface area (Å²) in [6, 6.07) is 0.289. The number of rotatable bonds is 6. The zero-order valence-corrected chi connectivity index (χ0v) is 11.3. The molecule has 0 aromatic carbocycles. The van der Waals surface area contributed by atoms with E-state index in [1.165, 1.54) is 11.3 Å². The first kappa shape index (κ1) is 12.8. The van der Waals surface area contributed by atoms with Gasteiger partial charge in [-0.3, -0.25) is 4.68 Å². The predicted molar refractivity (Wildman–Crippen MR) is 71.2 cm³/mol. The number of nitrogens with one attached hydrogen (secondary N) is 1. The van der Waals surface area contributed by atoms with Crippen LogP contribution in [0.1, 0.15) is 31.1 Å². The summed E-state index contributed by atoms with van der Waals surface area (Å²) in [6.07, 6.45) is 8.77. The minimum Gasteiger partial charge on any atom is -0.336 e. The molecule has 0 radical (unpaired) electrons. The van der Waals surface area contributed by atoms with Crippen molar-refractivity contribution in [3.8, 4) is 0 Å². The number of aryl methyl sites for hydroxylation is 2. The second kappa shape index (κ2) is 5.82. The summed E-state index contributed by atoms with van der Waals surface area (Å²) in [4.78, 5) is 4.19. The fourth-order valence-electron chi connectivity index (χ4n) is 2.15. The Bertz CT molecular complexity index is 485. The summed E-state index contributed by atoms with van der Waals surface area (Å²) in [5, 5.41) is 7.82. The molecule has 0 spiro atoms.